The van der Waals surface area contributed by atoms with Gasteiger partial charge < -0.3 is 15.3 Å². The van der Waals surface area contributed by atoms with Crippen molar-refractivity contribution in [2.45, 2.75) is 96.2 Å². The van der Waals surface area contributed by atoms with E-state index in [0.717, 1.165) is 69.8 Å². The number of aliphatic hydroxyl groups is 2. The zero-order valence-electron chi connectivity index (χ0n) is 20.4. The van der Waals surface area contributed by atoms with Crippen LogP contribution in [0.2, 0.25) is 0 Å². The number of carbonyl (C=O) groups is 1. The average Bonchev–Trinajstić information content (AvgIpc) is 3.29. The molecule has 0 heterocycles. The lowest BCUT2D eigenvalue weighted by Crippen LogP contribution is -2.23. The van der Waals surface area contributed by atoms with E-state index in [1.165, 1.54) is 5.57 Å². The van der Waals surface area contributed by atoms with Gasteiger partial charge in [-0.1, -0.05) is 68.2 Å². The van der Waals surface area contributed by atoms with Crippen molar-refractivity contribution in [3.63, 3.8) is 0 Å². The van der Waals surface area contributed by atoms with E-state index in [9.17, 15) is 20.1 Å². The lowest BCUT2D eigenvalue weighted by atomic mass is 9.87. The maximum Gasteiger partial charge on any atom is 0.335 e. The maximum atomic E-state index is 11.3. The molecule has 0 saturated heterocycles. The summed E-state index contributed by atoms with van der Waals surface area (Å²) in [6.45, 7) is 4.06. The van der Waals surface area contributed by atoms with Crippen LogP contribution in [0.15, 0.2) is 48.1 Å². The monoisotopic (exact) mass is 454 g/mol. The zero-order chi connectivity index (χ0) is 23.8. The number of benzene rings is 1. The number of rotatable bonds is 13. The molecule has 4 heteroatoms. The van der Waals surface area contributed by atoms with Crippen LogP contribution in [0, 0.1) is 17.8 Å². The predicted octanol–water partition coefficient (Wildman–Crippen LogP) is 6.32. The van der Waals surface area contributed by atoms with Crippen molar-refractivity contribution in [2.75, 3.05) is 0 Å². The highest BCUT2D eigenvalue weighted by Gasteiger charge is 2.43. The number of aromatic carboxylic acids is 1. The number of unbranched alkanes of at least 4 members (excludes halogenated alkanes) is 3. The van der Waals surface area contributed by atoms with Gasteiger partial charge in [-0.2, -0.15) is 0 Å². The van der Waals surface area contributed by atoms with Crippen molar-refractivity contribution in [3.05, 3.63) is 59.2 Å². The summed E-state index contributed by atoms with van der Waals surface area (Å²) in [4.78, 5) is 11.3. The van der Waals surface area contributed by atoms with Crippen LogP contribution in [0.1, 0.15) is 94.0 Å². The molecule has 2 aliphatic rings. The lowest BCUT2D eigenvalue weighted by molar-refractivity contribution is 0.0513. The van der Waals surface area contributed by atoms with Gasteiger partial charge in [0.25, 0.3) is 0 Å². The second-order valence-corrected chi connectivity index (χ2v) is 10.5. The largest absolute Gasteiger partial charge is 0.478 e. The van der Waals surface area contributed by atoms with Crippen LogP contribution in [0.4, 0.5) is 0 Å². The summed E-state index contributed by atoms with van der Waals surface area (Å²) in [6, 6.07) is 7.30. The standard InChI is InChI=1S/C29H42O4/c1-3-4-16-29(2,33)17-10-15-25-26-19-21(18-23(26)20-27(25)30)11-6-5-7-12-22-13-8-9-14-24(22)28(31)32/h8-10,13-15,18,23,25-27,30,33H,3-7,11-12,16-17,19-20H2,1-2H3,(H,31,32)/b15-10+/t23-,25-,26-,27+,29-/m0/s1. The first-order valence-electron chi connectivity index (χ1n) is 12.9. The number of carboxylic acids is 1. The van der Waals surface area contributed by atoms with Gasteiger partial charge in [0.2, 0.25) is 0 Å². The van der Waals surface area contributed by atoms with E-state index < -0.39 is 11.6 Å². The number of aliphatic hydroxyl groups excluding tert-OH is 1. The normalized spacial score (nSPS) is 26.4. The number of hydrogen-bond acceptors (Lipinski definition) is 3. The van der Waals surface area contributed by atoms with Gasteiger partial charge in [0.1, 0.15) is 0 Å². The fraction of sp³-hybridized carbons (Fsp3) is 0.621. The number of fused-ring (bicyclic) bond motifs is 1. The molecule has 4 nitrogen and oxygen atoms in total. The summed E-state index contributed by atoms with van der Waals surface area (Å²) in [5.41, 5.74) is 2.22. The molecule has 0 aliphatic heterocycles. The van der Waals surface area contributed by atoms with Crippen LogP contribution in [-0.4, -0.2) is 33.0 Å². The third kappa shape index (κ3) is 7.28. The van der Waals surface area contributed by atoms with Gasteiger partial charge in [-0.05, 0) is 81.8 Å². The maximum absolute atomic E-state index is 11.3. The minimum atomic E-state index is -0.844. The molecule has 182 valence electrons. The fourth-order valence-corrected chi connectivity index (χ4v) is 5.72. The molecule has 33 heavy (non-hydrogen) atoms. The SMILES string of the molecule is CCCC[C@](C)(O)C/C=C/[C@H]1[C@H]2CC(CCCCCc3ccccc3C(=O)O)=C[C@H]2C[C@H]1O. The molecule has 2 aliphatic carbocycles. The Balaban J connectivity index is 1.41. The second kappa shape index (κ2) is 12.0. The Morgan fingerprint density at radius 2 is 1.91 bits per heavy atom. The van der Waals surface area contributed by atoms with Crippen LogP contribution in [0.3, 0.4) is 0 Å². The molecule has 0 radical (unpaired) electrons. The summed E-state index contributed by atoms with van der Waals surface area (Å²) in [7, 11) is 0. The highest BCUT2D eigenvalue weighted by atomic mass is 16.4. The Bertz CT molecular complexity index is 838. The van der Waals surface area contributed by atoms with E-state index in [0.29, 0.717) is 23.8 Å². The van der Waals surface area contributed by atoms with Crippen LogP contribution < -0.4 is 0 Å². The van der Waals surface area contributed by atoms with Gasteiger partial charge in [0.15, 0.2) is 0 Å². The minimum Gasteiger partial charge on any atom is -0.478 e. The van der Waals surface area contributed by atoms with Crippen molar-refractivity contribution in [3.8, 4) is 0 Å². The number of carboxylic acid groups (broad SMARTS) is 1. The molecule has 1 fully saturated rings. The van der Waals surface area contributed by atoms with Crippen molar-refractivity contribution in [1.82, 2.24) is 0 Å². The molecule has 1 aromatic rings. The van der Waals surface area contributed by atoms with Crippen molar-refractivity contribution in [2.24, 2.45) is 17.8 Å². The van der Waals surface area contributed by atoms with Crippen molar-refractivity contribution < 1.29 is 20.1 Å². The Kier molecular flexibility index (Phi) is 9.34. The van der Waals surface area contributed by atoms with E-state index in [-0.39, 0.29) is 12.0 Å². The first-order valence-corrected chi connectivity index (χ1v) is 12.9. The second-order valence-electron chi connectivity index (χ2n) is 10.5. The van der Waals surface area contributed by atoms with Crippen LogP contribution in [-0.2, 0) is 6.42 Å². The lowest BCUT2D eigenvalue weighted by Gasteiger charge is -2.22. The molecule has 1 aromatic carbocycles. The summed E-state index contributed by atoms with van der Waals surface area (Å²) < 4.78 is 0. The predicted molar refractivity (Wildman–Crippen MR) is 133 cm³/mol. The number of allylic oxidation sites excluding steroid dienone is 2. The van der Waals surface area contributed by atoms with Crippen molar-refractivity contribution in [1.29, 1.82) is 0 Å². The van der Waals surface area contributed by atoms with Crippen LogP contribution in [0.25, 0.3) is 0 Å². The average molecular weight is 455 g/mol. The minimum absolute atomic E-state index is 0.193. The van der Waals surface area contributed by atoms with E-state index in [1.54, 1.807) is 12.1 Å². The Morgan fingerprint density at radius 3 is 2.67 bits per heavy atom. The zero-order valence-corrected chi connectivity index (χ0v) is 20.4. The molecule has 0 amide bonds. The Morgan fingerprint density at radius 1 is 1.15 bits per heavy atom. The molecule has 1 saturated carbocycles. The smallest absolute Gasteiger partial charge is 0.335 e. The highest BCUT2D eigenvalue weighted by molar-refractivity contribution is 5.89. The summed E-state index contributed by atoms with van der Waals surface area (Å²) in [6.07, 6.45) is 17.1. The molecule has 3 rings (SSSR count). The van der Waals surface area contributed by atoms with Gasteiger partial charge in [-0.3, -0.25) is 0 Å². The van der Waals surface area contributed by atoms with Gasteiger partial charge >= 0.3 is 5.97 Å². The highest BCUT2D eigenvalue weighted by Crippen LogP contribution is 2.48. The molecule has 0 aromatic heterocycles. The quantitative estimate of drug-likeness (QED) is 0.241. The third-order valence-corrected chi connectivity index (χ3v) is 7.63. The topological polar surface area (TPSA) is 77.8 Å². The Labute approximate surface area is 199 Å². The van der Waals surface area contributed by atoms with Gasteiger partial charge in [0.05, 0.1) is 17.3 Å². The van der Waals surface area contributed by atoms with Crippen LogP contribution in [0.5, 0.6) is 0 Å². The first kappa shape index (κ1) is 25.7. The van der Waals surface area contributed by atoms with Crippen LogP contribution >= 0.6 is 0 Å². The van der Waals surface area contributed by atoms with E-state index in [1.807, 2.05) is 19.1 Å². The third-order valence-electron chi connectivity index (χ3n) is 7.63. The molecule has 3 N–H and O–H groups in total. The van der Waals surface area contributed by atoms with Crippen molar-refractivity contribution >= 4 is 5.97 Å². The van der Waals surface area contributed by atoms with Gasteiger partial charge in [0, 0.05) is 5.92 Å². The van der Waals surface area contributed by atoms with E-state index in [2.05, 4.69) is 25.2 Å². The van der Waals surface area contributed by atoms with E-state index in [4.69, 9.17) is 0 Å². The molecule has 0 unspecified atom stereocenters. The van der Waals surface area contributed by atoms with E-state index >= 15 is 0 Å². The molecule has 0 bridgehead atoms. The molecular formula is C29H42O4. The summed E-state index contributed by atoms with van der Waals surface area (Å²) in [5.74, 6) is 0.323. The molecule has 5 atom stereocenters. The first-order chi connectivity index (χ1) is 15.8. The summed E-state index contributed by atoms with van der Waals surface area (Å²) >= 11 is 0. The molecular weight excluding hydrogens is 412 g/mol. The fourth-order valence-electron chi connectivity index (χ4n) is 5.72. The van der Waals surface area contributed by atoms with Gasteiger partial charge in [-0.15, -0.1) is 0 Å². The number of aryl methyl sites for hydroxylation is 1. The molecule has 0 spiro atoms. The Hall–Kier alpha value is -1.91. The van der Waals surface area contributed by atoms with Gasteiger partial charge in [-0.25, -0.2) is 4.79 Å². The summed E-state index contributed by atoms with van der Waals surface area (Å²) in [5, 5.41) is 30.4. The number of hydrogen-bond donors (Lipinski definition) is 3.